The van der Waals surface area contributed by atoms with E-state index in [2.05, 4.69) is 10.3 Å². The molecule has 0 saturated carbocycles. The number of aromatic nitrogens is 3. The van der Waals surface area contributed by atoms with E-state index < -0.39 is 0 Å². The first-order chi connectivity index (χ1) is 16.6. The molecule has 9 heteroatoms. The molecular formula is C25H23ClN4O4. The van der Waals surface area contributed by atoms with Crippen molar-refractivity contribution >= 4 is 28.3 Å². The van der Waals surface area contributed by atoms with Crippen LogP contribution in [0.2, 0.25) is 5.02 Å². The smallest absolute Gasteiger partial charge is 0.199 e. The Balaban J connectivity index is 1.53. The third kappa shape index (κ3) is 3.90. The van der Waals surface area contributed by atoms with E-state index in [0.717, 1.165) is 22.2 Å². The van der Waals surface area contributed by atoms with Gasteiger partial charge >= 0.3 is 0 Å². The summed E-state index contributed by atoms with van der Waals surface area (Å²) in [6.07, 6.45) is 3.20. The molecule has 4 aromatic rings. The van der Waals surface area contributed by atoms with Gasteiger partial charge in [-0.2, -0.15) is 5.10 Å². The van der Waals surface area contributed by atoms with Gasteiger partial charge in [-0.25, -0.2) is 0 Å². The molecule has 0 spiro atoms. The van der Waals surface area contributed by atoms with Crippen LogP contribution < -0.4 is 14.8 Å². The summed E-state index contributed by atoms with van der Waals surface area (Å²) in [6.45, 7) is 2.03. The normalized spacial score (nSPS) is 12.1. The number of rotatable bonds is 9. The van der Waals surface area contributed by atoms with Crippen molar-refractivity contribution in [3.8, 4) is 22.8 Å². The van der Waals surface area contributed by atoms with E-state index in [0.29, 0.717) is 52.8 Å². The van der Waals surface area contributed by atoms with Crippen LogP contribution in [0.25, 0.3) is 22.2 Å². The molecule has 2 aromatic carbocycles. The fraction of sp³-hybridized carbons (Fsp3) is 0.240. The number of benzene rings is 2. The number of aliphatic hydroxyl groups excluding tert-OH is 1. The maximum absolute atomic E-state index is 13.7. The molecule has 1 aliphatic carbocycles. The highest BCUT2D eigenvalue weighted by Crippen LogP contribution is 2.44. The third-order valence-electron chi connectivity index (χ3n) is 5.83. The maximum Gasteiger partial charge on any atom is 0.199 e. The zero-order chi connectivity index (χ0) is 23.7. The van der Waals surface area contributed by atoms with E-state index in [1.54, 1.807) is 25.6 Å². The van der Waals surface area contributed by atoms with Crippen molar-refractivity contribution < 1.29 is 19.4 Å². The van der Waals surface area contributed by atoms with Gasteiger partial charge in [0.25, 0.3) is 0 Å². The topological polar surface area (TPSA) is 98.5 Å². The Hall–Kier alpha value is -3.46. The monoisotopic (exact) mass is 478 g/mol. The lowest BCUT2D eigenvalue weighted by Crippen LogP contribution is -2.23. The van der Waals surface area contributed by atoms with Crippen LogP contribution in [0.3, 0.4) is 0 Å². The Morgan fingerprint density at radius 1 is 1.09 bits per heavy atom. The lowest BCUT2D eigenvalue weighted by atomic mass is 9.88. The highest BCUT2D eigenvalue weighted by atomic mass is 35.5. The molecule has 0 radical (unpaired) electrons. The molecule has 0 unspecified atom stereocenters. The molecule has 0 amide bonds. The number of carbonyl (C=O) groups excluding carboxylic acids is 1. The molecule has 0 aliphatic heterocycles. The van der Waals surface area contributed by atoms with Gasteiger partial charge in [-0.05, 0) is 29.8 Å². The molecular weight excluding hydrogens is 456 g/mol. The number of carbonyl (C=O) groups is 1. The van der Waals surface area contributed by atoms with E-state index >= 15 is 0 Å². The quantitative estimate of drug-likeness (QED) is 0.313. The van der Waals surface area contributed by atoms with Crippen LogP contribution in [0.15, 0.2) is 48.8 Å². The summed E-state index contributed by atoms with van der Waals surface area (Å²) in [7, 11) is 1.62. The van der Waals surface area contributed by atoms with Crippen LogP contribution in [-0.4, -0.2) is 52.5 Å². The van der Waals surface area contributed by atoms with Crippen LogP contribution >= 0.6 is 11.6 Å². The first-order valence-electron chi connectivity index (χ1n) is 10.9. The summed E-state index contributed by atoms with van der Waals surface area (Å²) in [5, 5.41) is 18.1. The Morgan fingerprint density at radius 3 is 2.68 bits per heavy atom. The summed E-state index contributed by atoms with van der Waals surface area (Å²) in [5.41, 5.74) is 3.88. The fourth-order valence-electron chi connectivity index (χ4n) is 4.19. The number of hydrogen-bond acceptors (Lipinski definition) is 7. The Kier molecular flexibility index (Phi) is 6.19. The number of methoxy groups -OCH3 is 1. The van der Waals surface area contributed by atoms with Gasteiger partial charge in [-0.3, -0.25) is 14.5 Å². The number of pyridine rings is 1. The largest absolute Gasteiger partial charge is 0.497 e. The highest BCUT2D eigenvalue weighted by molar-refractivity contribution is 6.39. The molecule has 0 bridgehead atoms. The van der Waals surface area contributed by atoms with Gasteiger partial charge in [-0.1, -0.05) is 23.7 Å². The van der Waals surface area contributed by atoms with Gasteiger partial charge in [-0.15, -0.1) is 0 Å². The Labute approximate surface area is 201 Å². The van der Waals surface area contributed by atoms with Gasteiger partial charge in [0.2, 0.25) is 0 Å². The van der Waals surface area contributed by atoms with Crippen molar-refractivity contribution in [1.29, 1.82) is 0 Å². The third-order valence-corrected chi connectivity index (χ3v) is 6.15. The van der Waals surface area contributed by atoms with Crippen molar-refractivity contribution in [3.05, 3.63) is 70.5 Å². The number of hydrogen-bond donors (Lipinski definition) is 2. The lowest BCUT2D eigenvalue weighted by molar-refractivity contribution is 0.103. The molecule has 2 aromatic heterocycles. The lowest BCUT2D eigenvalue weighted by Gasteiger charge is -2.18. The molecule has 8 nitrogen and oxygen atoms in total. The average molecular weight is 479 g/mol. The first-order valence-corrected chi connectivity index (χ1v) is 11.3. The predicted molar refractivity (Wildman–Crippen MR) is 129 cm³/mol. The van der Waals surface area contributed by atoms with Crippen LogP contribution in [0.4, 0.5) is 0 Å². The second-order valence-corrected chi connectivity index (χ2v) is 8.30. The average Bonchev–Trinajstić information content (AvgIpc) is 3.23. The van der Waals surface area contributed by atoms with Crippen LogP contribution in [0, 0.1) is 0 Å². The Morgan fingerprint density at radius 2 is 1.91 bits per heavy atom. The minimum Gasteiger partial charge on any atom is -0.497 e. The standard InChI is InChI=1S/C25H23ClN4O4/c1-33-16-4-2-15(3-5-16)14-34-20-13-28-12-17-21(20)25(32)22-18(26)6-7-19-23(22)24(17)29-30(19)10-8-27-9-11-31/h2-7,12-13,27,31H,8-11,14H2,1H3. The van der Waals surface area contributed by atoms with Gasteiger partial charge in [0.05, 0.1) is 48.1 Å². The van der Waals surface area contributed by atoms with E-state index in [1.807, 2.05) is 35.0 Å². The van der Waals surface area contributed by atoms with Gasteiger partial charge in [0.15, 0.2) is 5.78 Å². The number of ketones is 1. The molecule has 34 heavy (non-hydrogen) atoms. The van der Waals surface area contributed by atoms with Crippen molar-refractivity contribution in [2.45, 2.75) is 13.2 Å². The molecule has 0 atom stereocenters. The number of aliphatic hydroxyl groups is 1. The van der Waals surface area contributed by atoms with E-state index in [1.165, 1.54) is 0 Å². The molecule has 0 fully saturated rings. The Bertz CT molecular complexity index is 1370. The zero-order valence-corrected chi connectivity index (χ0v) is 19.3. The van der Waals surface area contributed by atoms with Crippen LogP contribution in [0.1, 0.15) is 21.5 Å². The SMILES string of the molecule is COc1ccc(COc2cncc3c2C(=O)c2c(Cl)ccc4c2c-3nn4CCNCCO)cc1. The minimum atomic E-state index is -0.205. The van der Waals surface area contributed by atoms with E-state index in [-0.39, 0.29) is 19.0 Å². The number of fused-ring (bicyclic) bond motifs is 2. The molecule has 5 rings (SSSR count). The highest BCUT2D eigenvalue weighted by Gasteiger charge is 2.33. The van der Waals surface area contributed by atoms with Gasteiger partial charge < -0.3 is 19.9 Å². The van der Waals surface area contributed by atoms with E-state index in [4.69, 9.17) is 31.3 Å². The predicted octanol–water partition coefficient (Wildman–Crippen LogP) is 3.47. The van der Waals surface area contributed by atoms with Gasteiger partial charge in [0, 0.05) is 30.2 Å². The van der Waals surface area contributed by atoms with Crippen LogP contribution in [0.5, 0.6) is 11.5 Å². The second kappa shape index (κ2) is 9.42. The van der Waals surface area contributed by atoms with Crippen molar-refractivity contribution in [3.63, 3.8) is 0 Å². The summed E-state index contributed by atoms with van der Waals surface area (Å²) in [5.74, 6) is 0.939. The number of nitrogens with one attached hydrogen (secondary N) is 1. The molecule has 0 saturated heterocycles. The van der Waals surface area contributed by atoms with Crippen molar-refractivity contribution in [2.24, 2.45) is 0 Å². The molecule has 2 N–H and O–H groups in total. The molecule has 2 heterocycles. The summed E-state index contributed by atoms with van der Waals surface area (Å²) in [4.78, 5) is 18.0. The molecule has 174 valence electrons. The summed E-state index contributed by atoms with van der Waals surface area (Å²) >= 11 is 6.51. The minimum absolute atomic E-state index is 0.0672. The van der Waals surface area contributed by atoms with Crippen LogP contribution in [-0.2, 0) is 13.2 Å². The van der Waals surface area contributed by atoms with E-state index in [9.17, 15) is 4.79 Å². The fourth-order valence-corrected chi connectivity index (χ4v) is 4.43. The second-order valence-electron chi connectivity index (χ2n) is 7.89. The summed E-state index contributed by atoms with van der Waals surface area (Å²) in [6, 6.07) is 11.1. The number of ether oxygens (including phenoxy) is 2. The number of nitrogens with zero attached hydrogens (tertiary/aromatic N) is 3. The molecule has 1 aliphatic rings. The summed E-state index contributed by atoms with van der Waals surface area (Å²) < 4.78 is 13.1. The van der Waals surface area contributed by atoms with Crippen molar-refractivity contribution in [2.75, 3.05) is 26.8 Å². The maximum atomic E-state index is 13.7. The first kappa shape index (κ1) is 22.3. The number of halogens is 1. The van der Waals surface area contributed by atoms with Crippen molar-refractivity contribution in [1.82, 2.24) is 20.1 Å². The zero-order valence-electron chi connectivity index (χ0n) is 18.5. The van der Waals surface area contributed by atoms with Gasteiger partial charge in [0.1, 0.15) is 23.8 Å².